The third-order valence-corrected chi connectivity index (χ3v) is 5.05. The monoisotopic (exact) mass is 219 g/mol. The predicted octanol–water partition coefficient (Wildman–Crippen LogP) is 3.51. The zero-order valence-electron chi connectivity index (χ0n) is 10.3. The van der Waals surface area contributed by atoms with Crippen molar-refractivity contribution in [2.45, 2.75) is 57.4 Å². The Hall–Kier alpha value is -0.300. The second-order valence-corrected chi connectivity index (χ2v) is 6.09. The summed E-state index contributed by atoms with van der Waals surface area (Å²) in [6.45, 7) is 1.27. The normalized spacial score (nSPS) is 38.4. The molecule has 0 radical (unpaired) electrons. The molecule has 2 fully saturated rings. The quantitative estimate of drug-likeness (QED) is 0.713. The molecule has 3 aliphatic rings. The van der Waals surface area contributed by atoms with Crippen LogP contribution in [0, 0.1) is 17.8 Å². The van der Waals surface area contributed by atoms with Gasteiger partial charge in [-0.1, -0.05) is 44.3 Å². The van der Waals surface area contributed by atoms with Crippen LogP contribution in [0.15, 0.2) is 12.2 Å². The zero-order valence-corrected chi connectivity index (χ0v) is 10.3. The van der Waals surface area contributed by atoms with E-state index >= 15 is 0 Å². The van der Waals surface area contributed by atoms with Crippen LogP contribution in [0.1, 0.15) is 51.4 Å². The molecular formula is C15H25N. The maximum atomic E-state index is 3.79. The van der Waals surface area contributed by atoms with Crippen LogP contribution in [0.5, 0.6) is 0 Å². The summed E-state index contributed by atoms with van der Waals surface area (Å²) >= 11 is 0. The summed E-state index contributed by atoms with van der Waals surface area (Å²) in [4.78, 5) is 0. The Morgan fingerprint density at radius 1 is 1.12 bits per heavy atom. The number of rotatable bonds is 4. The zero-order chi connectivity index (χ0) is 10.8. The average Bonchev–Trinajstić information content (AvgIpc) is 2.67. The molecular weight excluding hydrogens is 194 g/mol. The van der Waals surface area contributed by atoms with Crippen LogP contribution in [0.2, 0.25) is 0 Å². The third kappa shape index (κ3) is 2.20. The van der Waals surface area contributed by atoms with Crippen molar-refractivity contribution in [2.24, 2.45) is 17.8 Å². The molecule has 1 heteroatoms. The van der Waals surface area contributed by atoms with Gasteiger partial charge in [-0.25, -0.2) is 0 Å². The van der Waals surface area contributed by atoms with Crippen molar-refractivity contribution in [3.63, 3.8) is 0 Å². The predicted molar refractivity (Wildman–Crippen MR) is 68.3 cm³/mol. The first-order valence-electron chi connectivity index (χ1n) is 7.33. The molecule has 0 heterocycles. The average molecular weight is 219 g/mol. The molecule has 0 amide bonds. The van der Waals surface area contributed by atoms with Gasteiger partial charge in [-0.2, -0.15) is 0 Å². The van der Waals surface area contributed by atoms with Crippen LogP contribution in [0.25, 0.3) is 0 Å². The van der Waals surface area contributed by atoms with Crippen molar-refractivity contribution < 1.29 is 0 Å². The van der Waals surface area contributed by atoms with Gasteiger partial charge < -0.3 is 5.32 Å². The SMILES string of the molecule is C1=CC2C(C1)CC2NCCC1CCCCC1. The Labute approximate surface area is 99.7 Å². The van der Waals surface area contributed by atoms with E-state index in [1.165, 1.54) is 57.9 Å². The summed E-state index contributed by atoms with van der Waals surface area (Å²) < 4.78 is 0. The highest BCUT2D eigenvalue weighted by atomic mass is 14.9. The molecule has 3 aliphatic carbocycles. The summed E-state index contributed by atoms with van der Waals surface area (Å²) in [6.07, 6.45) is 16.5. The van der Waals surface area contributed by atoms with E-state index in [0.717, 1.165) is 23.8 Å². The van der Waals surface area contributed by atoms with E-state index in [2.05, 4.69) is 17.5 Å². The molecule has 0 aromatic heterocycles. The maximum Gasteiger partial charge on any atom is 0.0136 e. The van der Waals surface area contributed by atoms with E-state index < -0.39 is 0 Å². The first kappa shape index (κ1) is 10.8. The lowest BCUT2D eigenvalue weighted by atomic mass is 9.71. The van der Waals surface area contributed by atoms with Crippen LogP contribution >= 0.6 is 0 Å². The smallest absolute Gasteiger partial charge is 0.0136 e. The first-order valence-corrected chi connectivity index (χ1v) is 7.33. The minimum Gasteiger partial charge on any atom is -0.313 e. The van der Waals surface area contributed by atoms with Crippen LogP contribution < -0.4 is 5.32 Å². The summed E-state index contributed by atoms with van der Waals surface area (Å²) in [5.74, 6) is 2.94. The molecule has 90 valence electrons. The number of hydrogen-bond acceptors (Lipinski definition) is 1. The molecule has 1 N–H and O–H groups in total. The molecule has 3 atom stereocenters. The van der Waals surface area contributed by atoms with Crippen molar-refractivity contribution >= 4 is 0 Å². The largest absolute Gasteiger partial charge is 0.313 e. The highest BCUT2D eigenvalue weighted by Crippen LogP contribution is 2.42. The maximum absolute atomic E-state index is 3.79. The number of hydrogen-bond donors (Lipinski definition) is 1. The van der Waals surface area contributed by atoms with Gasteiger partial charge in [0.25, 0.3) is 0 Å². The second-order valence-electron chi connectivity index (χ2n) is 6.09. The van der Waals surface area contributed by atoms with E-state index in [0.29, 0.717) is 0 Å². The van der Waals surface area contributed by atoms with Crippen LogP contribution in [0.3, 0.4) is 0 Å². The van der Waals surface area contributed by atoms with Crippen LogP contribution in [-0.4, -0.2) is 12.6 Å². The second kappa shape index (κ2) is 4.91. The summed E-state index contributed by atoms with van der Waals surface area (Å²) in [5, 5.41) is 3.79. The molecule has 0 aromatic carbocycles. The van der Waals surface area contributed by atoms with Crippen molar-refractivity contribution in [1.29, 1.82) is 0 Å². The van der Waals surface area contributed by atoms with Crippen molar-refractivity contribution in [2.75, 3.05) is 6.54 Å². The van der Waals surface area contributed by atoms with Gasteiger partial charge in [0.2, 0.25) is 0 Å². The van der Waals surface area contributed by atoms with Crippen molar-refractivity contribution in [3.8, 4) is 0 Å². The fourth-order valence-electron chi connectivity index (χ4n) is 3.90. The van der Waals surface area contributed by atoms with Gasteiger partial charge in [-0.3, -0.25) is 0 Å². The van der Waals surface area contributed by atoms with Gasteiger partial charge in [0, 0.05) is 6.04 Å². The Bertz CT molecular complexity index is 252. The molecule has 0 spiro atoms. The highest BCUT2D eigenvalue weighted by molar-refractivity contribution is 5.12. The van der Waals surface area contributed by atoms with Gasteiger partial charge in [-0.05, 0) is 43.6 Å². The molecule has 1 nitrogen and oxygen atoms in total. The molecule has 0 saturated heterocycles. The highest BCUT2D eigenvalue weighted by Gasteiger charge is 2.40. The molecule has 3 unspecified atom stereocenters. The Morgan fingerprint density at radius 2 is 2.00 bits per heavy atom. The minimum absolute atomic E-state index is 0.826. The van der Waals surface area contributed by atoms with E-state index in [1.54, 1.807) is 0 Å². The molecule has 0 aliphatic heterocycles. The number of fused-ring (bicyclic) bond motifs is 1. The fraction of sp³-hybridized carbons (Fsp3) is 0.867. The first-order chi connectivity index (χ1) is 7.93. The molecule has 3 rings (SSSR count). The van der Waals surface area contributed by atoms with E-state index in [4.69, 9.17) is 0 Å². The lowest BCUT2D eigenvalue weighted by Gasteiger charge is -2.41. The third-order valence-electron chi connectivity index (χ3n) is 5.05. The molecule has 0 bridgehead atoms. The summed E-state index contributed by atoms with van der Waals surface area (Å²) in [6, 6.07) is 0.826. The Kier molecular flexibility index (Phi) is 3.32. The Balaban J connectivity index is 1.33. The van der Waals surface area contributed by atoms with Gasteiger partial charge in [0.15, 0.2) is 0 Å². The van der Waals surface area contributed by atoms with Crippen LogP contribution in [-0.2, 0) is 0 Å². The van der Waals surface area contributed by atoms with Gasteiger partial charge >= 0.3 is 0 Å². The molecule has 16 heavy (non-hydrogen) atoms. The van der Waals surface area contributed by atoms with Crippen LogP contribution in [0.4, 0.5) is 0 Å². The van der Waals surface area contributed by atoms with Crippen molar-refractivity contribution in [1.82, 2.24) is 5.32 Å². The topological polar surface area (TPSA) is 12.0 Å². The van der Waals surface area contributed by atoms with E-state index in [1.807, 2.05) is 0 Å². The van der Waals surface area contributed by atoms with Gasteiger partial charge in [-0.15, -0.1) is 0 Å². The van der Waals surface area contributed by atoms with Crippen molar-refractivity contribution in [3.05, 3.63) is 12.2 Å². The summed E-state index contributed by atoms with van der Waals surface area (Å²) in [5.41, 5.74) is 0. The van der Waals surface area contributed by atoms with E-state index in [9.17, 15) is 0 Å². The van der Waals surface area contributed by atoms with Gasteiger partial charge in [0.05, 0.1) is 0 Å². The van der Waals surface area contributed by atoms with Gasteiger partial charge in [0.1, 0.15) is 0 Å². The van der Waals surface area contributed by atoms with E-state index in [-0.39, 0.29) is 0 Å². The number of allylic oxidation sites excluding steroid dienone is 1. The minimum atomic E-state index is 0.826. The lowest BCUT2D eigenvalue weighted by Crippen LogP contribution is -2.48. The fourth-order valence-corrected chi connectivity index (χ4v) is 3.90. The Morgan fingerprint density at radius 3 is 2.81 bits per heavy atom. The number of nitrogens with one attached hydrogen (secondary N) is 1. The summed E-state index contributed by atoms with van der Waals surface area (Å²) in [7, 11) is 0. The lowest BCUT2D eigenvalue weighted by molar-refractivity contribution is 0.160. The molecule has 0 aromatic rings. The molecule has 2 saturated carbocycles. The standard InChI is InChI=1S/C15H25N/c1-2-5-12(6-3-1)9-10-16-15-11-13-7-4-8-14(13)15/h4,8,12-16H,1-3,5-7,9-11H2.